The fourth-order valence-electron chi connectivity index (χ4n) is 2.01. The van der Waals surface area contributed by atoms with E-state index in [-0.39, 0.29) is 16.7 Å². The Kier molecular flexibility index (Phi) is 4.85. The highest BCUT2D eigenvalue weighted by Gasteiger charge is 2.14. The highest BCUT2D eigenvalue weighted by molar-refractivity contribution is 9.10. The van der Waals surface area contributed by atoms with Crippen LogP contribution in [0.4, 0.5) is 11.4 Å². The number of nitro benzene ring substituents is 1. The molecule has 0 aromatic heterocycles. The molecule has 0 aliphatic carbocycles. The Balaban J connectivity index is 2.23. The number of nitrogens with one attached hydrogen (secondary N) is 1. The zero-order chi connectivity index (χ0) is 15.6. The minimum atomic E-state index is -0.359. The molecule has 2 aromatic rings. The molecule has 0 radical (unpaired) electrons. The summed E-state index contributed by atoms with van der Waals surface area (Å²) in [6.45, 7) is 3.68. The fraction of sp³-hybridized carbons (Fsp3) is 0.200. The maximum atomic E-state index is 11.0. The van der Waals surface area contributed by atoms with Crippen LogP contribution < -0.4 is 5.32 Å². The van der Waals surface area contributed by atoms with Crippen LogP contribution in [-0.4, -0.2) is 4.92 Å². The van der Waals surface area contributed by atoms with Gasteiger partial charge in [0.25, 0.3) is 5.69 Å². The van der Waals surface area contributed by atoms with Crippen molar-refractivity contribution in [2.45, 2.75) is 19.9 Å². The van der Waals surface area contributed by atoms with E-state index in [0.717, 1.165) is 15.7 Å². The first-order valence-electron chi connectivity index (χ1n) is 6.35. The summed E-state index contributed by atoms with van der Waals surface area (Å²) in [5, 5.41) is 14.9. The van der Waals surface area contributed by atoms with Gasteiger partial charge >= 0.3 is 0 Å². The Labute approximate surface area is 136 Å². The highest BCUT2D eigenvalue weighted by atomic mass is 79.9. The third-order valence-electron chi connectivity index (χ3n) is 3.23. The summed E-state index contributed by atoms with van der Waals surface area (Å²) in [4.78, 5) is 10.6. The van der Waals surface area contributed by atoms with E-state index in [0.29, 0.717) is 10.6 Å². The van der Waals surface area contributed by atoms with Crippen LogP contribution in [-0.2, 0) is 0 Å². The first-order chi connectivity index (χ1) is 9.88. The monoisotopic (exact) mass is 368 g/mol. The number of nitro groups is 1. The second-order valence-corrected chi connectivity index (χ2v) is 6.06. The minimum Gasteiger partial charge on any atom is -0.378 e. The SMILES string of the molecule is Cc1ccc(C(C)Nc2ccc(Br)c(Cl)c2)cc1[N+](=O)[O-]. The van der Waals surface area contributed by atoms with Crippen molar-refractivity contribution in [3.63, 3.8) is 0 Å². The van der Waals surface area contributed by atoms with Gasteiger partial charge < -0.3 is 5.32 Å². The molecule has 0 fully saturated rings. The normalized spacial score (nSPS) is 12.0. The van der Waals surface area contributed by atoms with Crippen molar-refractivity contribution in [3.8, 4) is 0 Å². The van der Waals surface area contributed by atoms with Crippen molar-refractivity contribution in [2.24, 2.45) is 0 Å². The van der Waals surface area contributed by atoms with Crippen LogP contribution in [0.25, 0.3) is 0 Å². The molecule has 110 valence electrons. The molecule has 0 aliphatic rings. The lowest BCUT2D eigenvalue weighted by Crippen LogP contribution is -2.07. The van der Waals surface area contributed by atoms with Crippen molar-refractivity contribution in [1.29, 1.82) is 0 Å². The molecule has 1 unspecified atom stereocenters. The van der Waals surface area contributed by atoms with Crippen LogP contribution in [0.2, 0.25) is 5.02 Å². The van der Waals surface area contributed by atoms with Gasteiger partial charge in [0.2, 0.25) is 0 Å². The molecular formula is C15H14BrClN2O2. The van der Waals surface area contributed by atoms with Gasteiger partial charge in [0, 0.05) is 27.8 Å². The van der Waals surface area contributed by atoms with Gasteiger partial charge in [0.1, 0.15) is 0 Å². The van der Waals surface area contributed by atoms with Crippen LogP contribution in [0.15, 0.2) is 40.9 Å². The number of hydrogen-bond donors (Lipinski definition) is 1. The van der Waals surface area contributed by atoms with Crippen LogP contribution >= 0.6 is 27.5 Å². The Hall–Kier alpha value is -1.59. The van der Waals surface area contributed by atoms with Crippen LogP contribution in [0.1, 0.15) is 24.1 Å². The van der Waals surface area contributed by atoms with E-state index in [9.17, 15) is 10.1 Å². The van der Waals surface area contributed by atoms with E-state index in [1.807, 2.05) is 31.2 Å². The summed E-state index contributed by atoms with van der Waals surface area (Å²) in [5.41, 5.74) is 2.50. The van der Waals surface area contributed by atoms with Gasteiger partial charge in [-0.2, -0.15) is 0 Å². The first-order valence-corrected chi connectivity index (χ1v) is 7.52. The maximum absolute atomic E-state index is 11.0. The van der Waals surface area contributed by atoms with Crippen LogP contribution in [0.5, 0.6) is 0 Å². The van der Waals surface area contributed by atoms with E-state index in [1.165, 1.54) is 0 Å². The molecule has 1 atom stereocenters. The Bertz CT molecular complexity index is 691. The van der Waals surface area contributed by atoms with Crippen molar-refractivity contribution < 1.29 is 4.92 Å². The zero-order valence-electron chi connectivity index (χ0n) is 11.6. The highest BCUT2D eigenvalue weighted by Crippen LogP contribution is 2.29. The van der Waals surface area contributed by atoms with Crippen LogP contribution in [0, 0.1) is 17.0 Å². The van der Waals surface area contributed by atoms with Crippen molar-refractivity contribution in [2.75, 3.05) is 5.32 Å². The quantitative estimate of drug-likeness (QED) is 0.572. The summed E-state index contributed by atoms with van der Waals surface area (Å²) < 4.78 is 0.827. The molecule has 2 aromatic carbocycles. The Morgan fingerprint density at radius 3 is 2.62 bits per heavy atom. The largest absolute Gasteiger partial charge is 0.378 e. The molecular weight excluding hydrogens is 356 g/mol. The topological polar surface area (TPSA) is 55.2 Å². The minimum absolute atomic E-state index is 0.0680. The predicted molar refractivity (Wildman–Crippen MR) is 89.0 cm³/mol. The molecule has 1 N–H and O–H groups in total. The third kappa shape index (κ3) is 3.74. The standard InChI is InChI=1S/C15H14BrClN2O2/c1-9-3-4-11(7-15(9)19(20)21)10(2)18-12-5-6-13(16)14(17)8-12/h3-8,10,18H,1-2H3. The van der Waals surface area contributed by atoms with Gasteiger partial charge in [-0.3, -0.25) is 10.1 Å². The molecule has 0 saturated carbocycles. The van der Waals surface area contributed by atoms with Gasteiger partial charge in [-0.1, -0.05) is 23.7 Å². The lowest BCUT2D eigenvalue weighted by molar-refractivity contribution is -0.385. The second kappa shape index (κ2) is 6.45. The summed E-state index contributed by atoms with van der Waals surface area (Å²) >= 11 is 9.39. The molecule has 0 heterocycles. The van der Waals surface area contributed by atoms with Gasteiger partial charge in [-0.25, -0.2) is 0 Å². The Morgan fingerprint density at radius 2 is 2.00 bits per heavy atom. The number of halogens is 2. The lowest BCUT2D eigenvalue weighted by Gasteiger charge is -2.16. The van der Waals surface area contributed by atoms with Gasteiger partial charge in [0.15, 0.2) is 0 Å². The molecule has 0 aliphatic heterocycles. The summed E-state index contributed by atoms with van der Waals surface area (Å²) in [7, 11) is 0. The Morgan fingerprint density at radius 1 is 1.29 bits per heavy atom. The maximum Gasteiger partial charge on any atom is 0.272 e. The first kappa shape index (κ1) is 15.8. The zero-order valence-corrected chi connectivity index (χ0v) is 13.9. The van der Waals surface area contributed by atoms with E-state index in [4.69, 9.17) is 11.6 Å². The molecule has 0 bridgehead atoms. The van der Waals surface area contributed by atoms with Crippen molar-refractivity contribution >= 4 is 38.9 Å². The number of nitrogens with zero attached hydrogens (tertiary/aromatic N) is 1. The third-order valence-corrected chi connectivity index (χ3v) is 4.47. The molecule has 4 nitrogen and oxygen atoms in total. The lowest BCUT2D eigenvalue weighted by atomic mass is 10.0. The van der Waals surface area contributed by atoms with E-state index in [2.05, 4.69) is 21.2 Å². The molecule has 0 spiro atoms. The number of rotatable bonds is 4. The van der Waals surface area contributed by atoms with Gasteiger partial charge in [-0.15, -0.1) is 0 Å². The summed E-state index contributed by atoms with van der Waals surface area (Å²) in [6.07, 6.45) is 0. The van der Waals surface area contributed by atoms with Gasteiger partial charge in [0.05, 0.1) is 9.95 Å². The average Bonchev–Trinajstić information content (AvgIpc) is 2.43. The molecule has 2 rings (SSSR count). The summed E-state index contributed by atoms with van der Waals surface area (Å²) in [5.74, 6) is 0. The average molecular weight is 370 g/mol. The number of anilines is 1. The second-order valence-electron chi connectivity index (χ2n) is 4.80. The molecule has 0 amide bonds. The molecule has 6 heteroatoms. The smallest absolute Gasteiger partial charge is 0.272 e. The van der Waals surface area contributed by atoms with Gasteiger partial charge in [-0.05, 0) is 53.5 Å². The van der Waals surface area contributed by atoms with Crippen molar-refractivity contribution in [3.05, 3.63) is 67.1 Å². The fourth-order valence-corrected chi connectivity index (χ4v) is 2.44. The van der Waals surface area contributed by atoms with E-state index < -0.39 is 0 Å². The molecule has 21 heavy (non-hydrogen) atoms. The number of hydrogen-bond acceptors (Lipinski definition) is 3. The number of benzene rings is 2. The predicted octanol–water partition coefficient (Wildman–Crippen LogP) is 5.49. The molecule has 0 saturated heterocycles. The van der Waals surface area contributed by atoms with E-state index >= 15 is 0 Å². The van der Waals surface area contributed by atoms with E-state index in [1.54, 1.807) is 19.1 Å². The summed E-state index contributed by atoms with van der Waals surface area (Å²) in [6, 6.07) is 10.8. The number of aryl methyl sites for hydroxylation is 1. The van der Waals surface area contributed by atoms with Crippen molar-refractivity contribution in [1.82, 2.24) is 0 Å². The van der Waals surface area contributed by atoms with Crippen LogP contribution in [0.3, 0.4) is 0 Å².